The molecule has 0 unspecified atom stereocenters. The van der Waals surface area contributed by atoms with E-state index in [0.717, 1.165) is 31.0 Å². The lowest BCUT2D eigenvalue weighted by Gasteiger charge is -2.10. The molecule has 2 aromatic rings. The fraction of sp³-hybridized carbons (Fsp3) is 0.333. The van der Waals surface area contributed by atoms with Gasteiger partial charge in [-0.2, -0.15) is 0 Å². The highest BCUT2D eigenvalue weighted by Gasteiger charge is 2.16. The van der Waals surface area contributed by atoms with E-state index < -0.39 is 11.6 Å². The Balaban J connectivity index is 2.18. The maximum atomic E-state index is 13.7. The Bertz CT molecular complexity index is 638. The molecule has 3 nitrogen and oxygen atoms in total. The van der Waals surface area contributed by atoms with Crippen LogP contribution in [0.1, 0.15) is 26.7 Å². The van der Waals surface area contributed by atoms with E-state index in [9.17, 15) is 13.6 Å². The molecule has 112 valence electrons. The Hall–Kier alpha value is -1.82. The Kier molecular flexibility index (Phi) is 5.01. The standard InChI is InChI=1S/C15H16F2N2OS/c1-3-9(4-2)14(20)19-15-18-13(8-21-15)11-7-10(16)5-6-12(11)17/h5-9H,3-4H2,1-2H3,(H,18,19,20). The molecule has 0 aliphatic carbocycles. The van der Waals surface area contributed by atoms with Crippen molar-refractivity contribution >= 4 is 22.4 Å². The van der Waals surface area contributed by atoms with Crippen molar-refractivity contribution in [2.24, 2.45) is 5.92 Å². The zero-order valence-electron chi connectivity index (χ0n) is 11.8. The van der Waals surface area contributed by atoms with E-state index >= 15 is 0 Å². The summed E-state index contributed by atoms with van der Waals surface area (Å²) in [5.41, 5.74) is 0.408. The van der Waals surface area contributed by atoms with Crippen molar-refractivity contribution in [1.29, 1.82) is 0 Å². The number of anilines is 1. The molecule has 0 radical (unpaired) electrons. The lowest BCUT2D eigenvalue weighted by molar-refractivity contribution is -0.120. The van der Waals surface area contributed by atoms with E-state index in [1.165, 1.54) is 11.3 Å². The lowest BCUT2D eigenvalue weighted by Crippen LogP contribution is -2.21. The number of aromatic nitrogens is 1. The number of carbonyl (C=O) groups excluding carboxylic acids is 1. The van der Waals surface area contributed by atoms with Crippen LogP contribution in [0.4, 0.5) is 13.9 Å². The van der Waals surface area contributed by atoms with Crippen LogP contribution in [0.2, 0.25) is 0 Å². The Morgan fingerprint density at radius 2 is 2.05 bits per heavy atom. The lowest BCUT2D eigenvalue weighted by atomic mass is 10.0. The minimum absolute atomic E-state index is 0.0664. The van der Waals surface area contributed by atoms with Gasteiger partial charge in [0.2, 0.25) is 5.91 Å². The maximum Gasteiger partial charge on any atom is 0.229 e. The van der Waals surface area contributed by atoms with Gasteiger partial charge in [0.1, 0.15) is 11.6 Å². The predicted octanol–water partition coefficient (Wildman–Crippen LogP) is 4.46. The highest BCUT2D eigenvalue weighted by molar-refractivity contribution is 7.14. The minimum Gasteiger partial charge on any atom is -0.302 e. The monoisotopic (exact) mass is 310 g/mol. The van der Waals surface area contributed by atoms with Crippen LogP contribution in [0.25, 0.3) is 11.3 Å². The average molecular weight is 310 g/mol. The van der Waals surface area contributed by atoms with E-state index in [-0.39, 0.29) is 17.4 Å². The normalized spacial score (nSPS) is 10.9. The number of carbonyl (C=O) groups is 1. The van der Waals surface area contributed by atoms with Crippen LogP contribution in [0.15, 0.2) is 23.6 Å². The molecule has 0 fully saturated rings. The summed E-state index contributed by atoms with van der Waals surface area (Å²) >= 11 is 1.19. The summed E-state index contributed by atoms with van der Waals surface area (Å²) in [5.74, 6) is -1.23. The fourth-order valence-electron chi connectivity index (χ4n) is 2.02. The Morgan fingerprint density at radius 1 is 1.33 bits per heavy atom. The minimum atomic E-state index is -0.542. The Morgan fingerprint density at radius 3 is 2.71 bits per heavy atom. The van der Waals surface area contributed by atoms with Gasteiger partial charge in [0.05, 0.1) is 5.69 Å². The van der Waals surface area contributed by atoms with Crippen LogP contribution in [0.5, 0.6) is 0 Å². The quantitative estimate of drug-likeness (QED) is 0.885. The first-order valence-corrected chi connectivity index (χ1v) is 7.64. The van der Waals surface area contributed by atoms with E-state index in [1.807, 2.05) is 13.8 Å². The molecule has 0 saturated heterocycles. The van der Waals surface area contributed by atoms with Crippen molar-refractivity contribution in [2.75, 3.05) is 5.32 Å². The van der Waals surface area contributed by atoms with Gasteiger partial charge >= 0.3 is 0 Å². The first-order valence-electron chi connectivity index (χ1n) is 6.77. The first kappa shape index (κ1) is 15.6. The van der Waals surface area contributed by atoms with Gasteiger partial charge < -0.3 is 5.32 Å². The summed E-state index contributed by atoms with van der Waals surface area (Å²) < 4.78 is 26.9. The van der Waals surface area contributed by atoms with Crippen molar-refractivity contribution in [1.82, 2.24) is 4.98 Å². The van der Waals surface area contributed by atoms with Gasteiger partial charge in [0, 0.05) is 16.9 Å². The number of nitrogens with zero attached hydrogens (tertiary/aromatic N) is 1. The van der Waals surface area contributed by atoms with E-state index in [4.69, 9.17) is 0 Å². The number of nitrogens with one attached hydrogen (secondary N) is 1. The van der Waals surface area contributed by atoms with Gasteiger partial charge in [-0.3, -0.25) is 4.79 Å². The van der Waals surface area contributed by atoms with Crippen molar-refractivity contribution in [3.63, 3.8) is 0 Å². The number of rotatable bonds is 5. The molecule has 1 heterocycles. The van der Waals surface area contributed by atoms with Gasteiger partial charge in [-0.1, -0.05) is 13.8 Å². The molecular weight excluding hydrogens is 294 g/mol. The fourth-order valence-corrected chi connectivity index (χ4v) is 2.73. The molecule has 21 heavy (non-hydrogen) atoms. The van der Waals surface area contributed by atoms with Crippen LogP contribution < -0.4 is 5.32 Å². The molecule has 1 aromatic carbocycles. The molecule has 1 amide bonds. The van der Waals surface area contributed by atoms with Crippen molar-refractivity contribution in [3.05, 3.63) is 35.2 Å². The second kappa shape index (κ2) is 6.76. The molecule has 0 bridgehead atoms. The van der Waals surface area contributed by atoms with Crippen molar-refractivity contribution in [2.45, 2.75) is 26.7 Å². The molecule has 1 N–H and O–H groups in total. The summed E-state index contributed by atoms with van der Waals surface area (Å²) in [5, 5.41) is 4.71. The molecule has 0 aliphatic heterocycles. The maximum absolute atomic E-state index is 13.7. The van der Waals surface area contributed by atoms with E-state index in [2.05, 4.69) is 10.3 Å². The summed E-state index contributed by atoms with van der Waals surface area (Å²) in [6, 6.07) is 3.21. The van der Waals surface area contributed by atoms with E-state index in [0.29, 0.717) is 10.8 Å². The zero-order valence-corrected chi connectivity index (χ0v) is 12.6. The third kappa shape index (κ3) is 3.64. The summed E-state index contributed by atoms with van der Waals surface area (Å²) in [4.78, 5) is 16.1. The van der Waals surface area contributed by atoms with E-state index in [1.54, 1.807) is 5.38 Å². The number of thiazole rings is 1. The molecule has 0 spiro atoms. The third-order valence-electron chi connectivity index (χ3n) is 3.30. The zero-order chi connectivity index (χ0) is 15.4. The van der Waals surface area contributed by atoms with Gasteiger partial charge in [0.15, 0.2) is 5.13 Å². The van der Waals surface area contributed by atoms with Crippen LogP contribution >= 0.6 is 11.3 Å². The molecule has 6 heteroatoms. The van der Waals surface area contributed by atoms with Crippen LogP contribution in [0.3, 0.4) is 0 Å². The van der Waals surface area contributed by atoms with Crippen molar-refractivity contribution < 1.29 is 13.6 Å². The molecule has 1 aromatic heterocycles. The molecule has 0 saturated carbocycles. The van der Waals surface area contributed by atoms with Crippen LogP contribution in [0, 0.1) is 17.6 Å². The first-order chi connectivity index (χ1) is 10.0. The average Bonchev–Trinajstić information content (AvgIpc) is 2.91. The van der Waals surface area contributed by atoms with Crippen LogP contribution in [-0.4, -0.2) is 10.9 Å². The van der Waals surface area contributed by atoms with Gasteiger partial charge in [-0.25, -0.2) is 13.8 Å². The number of hydrogen-bond donors (Lipinski definition) is 1. The number of amides is 1. The summed E-state index contributed by atoms with van der Waals surface area (Å²) in [6.07, 6.45) is 1.50. The summed E-state index contributed by atoms with van der Waals surface area (Å²) in [7, 11) is 0. The number of hydrogen-bond acceptors (Lipinski definition) is 3. The largest absolute Gasteiger partial charge is 0.302 e. The van der Waals surface area contributed by atoms with Crippen LogP contribution in [-0.2, 0) is 4.79 Å². The highest BCUT2D eigenvalue weighted by atomic mass is 32.1. The smallest absolute Gasteiger partial charge is 0.229 e. The van der Waals surface area contributed by atoms with Gasteiger partial charge in [0.25, 0.3) is 0 Å². The second-order valence-electron chi connectivity index (χ2n) is 4.66. The van der Waals surface area contributed by atoms with Gasteiger partial charge in [-0.05, 0) is 31.0 Å². The Labute approximate surface area is 126 Å². The number of benzene rings is 1. The molecule has 2 rings (SSSR count). The SMILES string of the molecule is CCC(CC)C(=O)Nc1nc(-c2cc(F)ccc2F)cs1. The summed E-state index contributed by atoms with van der Waals surface area (Å²) in [6.45, 7) is 3.90. The molecule has 0 aliphatic rings. The second-order valence-corrected chi connectivity index (χ2v) is 5.52. The third-order valence-corrected chi connectivity index (χ3v) is 4.05. The molecular formula is C15H16F2N2OS. The highest BCUT2D eigenvalue weighted by Crippen LogP contribution is 2.28. The number of halogens is 2. The van der Waals surface area contributed by atoms with Crippen molar-refractivity contribution in [3.8, 4) is 11.3 Å². The predicted molar refractivity (Wildman–Crippen MR) is 80.2 cm³/mol. The van der Waals surface area contributed by atoms with Gasteiger partial charge in [-0.15, -0.1) is 11.3 Å². The topological polar surface area (TPSA) is 42.0 Å². The molecule has 0 atom stereocenters.